The predicted molar refractivity (Wildman–Crippen MR) is 288 cm³/mol. The highest BCUT2D eigenvalue weighted by atomic mass is 35.5. The fourth-order valence-electron chi connectivity index (χ4n) is 10.4. The van der Waals surface area contributed by atoms with E-state index >= 15 is 8.78 Å². The first-order valence-corrected chi connectivity index (χ1v) is 32.2. The van der Waals surface area contributed by atoms with E-state index < -0.39 is 198 Å². The first kappa shape index (κ1) is 65.6. The smallest absolute Gasteiger partial charge is 0.404 e. The molecule has 2 aliphatic carbocycles. The quantitative estimate of drug-likeness (QED) is 0.0325. The number of alkyl halides is 8. The minimum absolute atomic E-state index is 0.0470. The molecule has 35 heteroatoms. The van der Waals surface area contributed by atoms with Crippen LogP contribution in [0.4, 0.5) is 49.7 Å². The van der Waals surface area contributed by atoms with Crippen LogP contribution in [0.1, 0.15) is 97.5 Å². The van der Waals surface area contributed by atoms with Crippen LogP contribution in [0.3, 0.4) is 0 Å². The number of aromatic nitrogens is 5. The van der Waals surface area contributed by atoms with Crippen molar-refractivity contribution in [3.8, 4) is 28.7 Å². The molecule has 0 saturated heterocycles. The van der Waals surface area contributed by atoms with Crippen molar-refractivity contribution in [2.45, 2.75) is 107 Å². The summed E-state index contributed by atoms with van der Waals surface area (Å²) in [5, 5.41) is 7.61. The number of phosphoric acid groups is 1. The number of nitrogens with one attached hydrogen (secondary N) is 1. The van der Waals surface area contributed by atoms with Gasteiger partial charge in [-0.2, -0.15) is 49.6 Å². The molecule has 464 valence electrons. The summed E-state index contributed by atoms with van der Waals surface area (Å²) in [6.07, 6.45) is -11.5. The number of anilines is 1. The van der Waals surface area contributed by atoms with Gasteiger partial charge in [0.1, 0.15) is 46.6 Å². The molecule has 3 aromatic carbocycles. The van der Waals surface area contributed by atoms with Gasteiger partial charge in [0.05, 0.1) is 39.2 Å². The molecule has 2 amide bonds. The Labute approximate surface area is 487 Å². The number of phosphoric ester groups is 1. The summed E-state index contributed by atoms with van der Waals surface area (Å²) in [7, 11) is -19.8. The molecular formula is C51H48ClF10N7O13P2S2. The van der Waals surface area contributed by atoms with Gasteiger partial charge in [-0.15, -0.1) is 0 Å². The van der Waals surface area contributed by atoms with Gasteiger partial charge in [-0.25, -0.2) is 35.2 Å². The van der Waals surface area contributed by atoms with E-state index in [0.717, 1.165) is 48.7 Å². The van der Waals surface area contributed by atoms with Crippen LogP contribution in [-0.2, 0) is 75.6 Å². The Morgan fingerprint density at radius 1 is 0.907 bits per heavy atom. The average Bonchev–Trinajstić information content (AvgIpc) is 1.54. The Bertz CT molecular complexity index is 4210. The van der Waals surface area contributed by atoms with Crippen LogP contribution in [0.25, 0.3) is 22.0 Å². The van der Waals surface area contributed by atoms with Crippen molar-refractivity contribution in [2.24, 2.45) is 5.92 Å². The minimum Gasteiger partial charge on any atom is -0.404 e. The molecule has 3 heterocycles. The van der Waals surface area contributed by atoms with E-state index in [-0.39, 0.29) is 42.5 Å². The lowest BCUT2D eigenvalue weighted by Crippen LogP contribution is -2.40. The van der Waals surface area contributed by atoms with E-state index in [1.807, 2.05) is 0 Å². The first-order chi connectivity index (χ1) is 39.1. The monoisotopic (exact) mass is 1320 g/mol. The average molecular weight is 1320 g/mol. The van der Waals surface area contributed by atoms with Crippen molar-refractivity contribution in [3.63, 3.8) is 0 Å². The third kappa shape index (κ3) is 13.5. The highest BCUT2D eigenvalue weighted by Crippen LogP contribution is 2.68. The number of amides is 2. The summed E-state index contributed by atoms with van der Waals surface area (Å²) in [5.74, 6) is -8.96. The Hall–Kier alpha value is -6.42. The van der Waals surface area contributed by atoms with E-state index in [2.05, 4.69) is 32.3 Å². The van der Waals surface area contributed by atoms with Crippen LogP contribution in [0.15, 0.2) is 54.6 Å². The summed E-state index contributed by atoms with van der Waals surface area (Å²) in [6, 6.07) is 5.72. The summed E-state index contributed by atoms with van der Waals surface area (Å²) in [5.41, 5.74) is -8.98. The molecule has 6 aromatic rings. The molecule has 0 spiro atoms. The van der Waals surface area contributed by atoms with Crippen molar-refractivity contribution in [1.82, 2.24) is 29.9 Å². The van der Waals surface area contributed by atoms with Crippen molar-refractivity contribution in [2.75, 3.05) is 16.8 Å². The van der Waals surface area contributed by atoms with Crippen molar-refractivity contribution >= 4 is 80.7 Å². The molecule has 3 aromatic heterocycles. The molecule has 5 N–H and O–H groups in total. The van der Waals surface area contributed by atoms with E-state index in [1.165, 1.54) is 34.6 Å². The highest BCUT2D eigenvalue weighted by Gasteiger charge is 2.68. The van der Waals surface area contributed by atoms with Crippen LogP contribution in [0.2, 0.25) is 5.02 Å². The maximum atomic E-state index is 15.7. The van der Waals surface area contributed by atoms with Crippen molar-refractivity contribution < 1.29 is 104 Å². The Balaban J connectivity index is 1.35. The maximum absolute atomic E-state index is 15.7. The van der Waals surface area contributed by atoms with E-state index in [1.54, 1.807) is 0 Å². The number of carbonyl (C=O) groups excluding carboxylic acids is 2. The lowest BCUT2D eigenvalue weighted by atomic mass is 9.78. The number of sulfonamides is 1. The molecule has 86 heavy (non-hydrogen) atoms. The van der Waals surface area contributed by atoms with Crippen LogP contribution >= 0.6 is 27.0 Å². The molecule has 3 atom stereocenters. The first-order valence-electron chi connectivity index (χ1n) is 24.9. The topological polar surface area (TPSA) is 291 Å². The summed E-state index contributed by atoms with van der Waals surface area (Å²) >= 11 is 6.76. The number of sulfone groups is 1. The second kappa shape index (κ2) is 22.0. The third-order valence-corrected chi connectivity index (χ3v) is 18.8. The zero-order chi connectivity index (χ0) is 64.4. The second-order valence-corrected chi connectivity index (χ2v) is 29.3. The summed E-state index contributed by atoms with van der Waals surface area (Å²) < 4.78 is 230. The van der Waals surface area contributed by atoms with E-state index in [9.17, 15) is 90.3 Å². The Kier molecular flexibility index (Phi) is 16.8. The SMILES string of the molecule is Cc1cc(P(=O)(O)O)cc(OP(=O)(O)O)c1C(C)(C)CC(=O)N(c1nn(CC(F)(F)F)c2c(-c3ccc(C#CC(C)(C)S(C)(=O)=O)nc3[C@H](Cc3cc(F)cc(F)c3)NC(=O)Cn3nc(C(F)(F)F)c4c3C(F)(F)[C@@H]3CC43)ccc(Cl)c12)S(C)(=O)=O. The van der Waals surface area contributed by atoms with Gasteiger partial charge < -0.3 is 19.6 Å². The van der Waals surface area contributed by atoms with Crippen molar-refractivity contribution in [3.05, 3.63) is 116 Å². The molecule has 1 fully saturated rings. The van der Waals surface area contributed by atoms with E-state index in [0.29, 0.717) is 18.4 Å². The normalized spacial score (nSPS) is 16.7. The molecule has 20 nitrogen and oxygen atoms in total. The molecule has 1 unspecified atom stereocenters. The highest BCUT2D eigenvalue weighted by molar-refractivity contribution is 7.93. The number of benzene rings is 3. The van der Waals surface area contributed by atoms with Gasteiger partial charge in [-0.3, -0.25) is 33.3 Å². The molecule has 2 aliphatic rings. The van der Waals surface area contributed by atoms with Gasteiger partial charge in [0.15, 0.2) is 21.3 Å². The summed E-state index contributed by atoms with van der Waals surface area (Å²) in [4.78, 5) is 73.0. The molecular weight excluding hydrogens is 1270 g/mol. The van der Waals surface area contributed by atoms with Gasteiger partial charge in [-0.05, 0) is 99.0 Å². The fraction of sp³-hybridized carbons (Fsp3) is 0.392. The zero-order valence-corrected chi connectivity index (χ0v) is 49.7. The minimum atomic E-state index is -5.58. The van der Waals surface area contributed by atoms with Crippen LogP contribution < -0.4 is 19.5 Å². The number of carbonyl (C=O) groups is 2. The largest absolute Gasteiger partial charge is 0.524 e. The number of halogens is 11. The number of rotatable bonds is 17. The van der Waals surface area contributed by atoms with Crippen LogP contribution in [-0.4, -0.2) is 96.2 Å². The summed E-state index contributed by atoms with van der Waals surface area (Å²) in [6.45, 7) is 2.53. The lowest BCUT2D eigenvalue weighted by Gasteiger charge is -2.31. The van der Waals surface area contributed by atoms with Gasteiger partial charge in [-0.1, -0.05) is 37.4 Å². The number of hydrogen-bond donors (Lipinski definition) is 5. The van der Waals surface area contributed by atoms with Crippen molar-refractivity contribution in [1.29, 1.82) is 0 Å². The van der Waals surface area contributed by atoms with E-state index in [4.69, 9.17) is 16.1 Å². The third-order valence-electron chi connectivity index (χ3n) is 14.2. The number of fused-ring (bicyclic) bond motifs is 4. The standard InChI is InChI=1S/C51H48ClF10N7O13P2S2/c1-24-14-29(83(72,73)74)19-36(82-84(75,76)77)41(24)47(2,3)21-38(71)69(86(7,80)81)46-40-34(52)11-10-31(43(40)68(66-46)23-49(55,56)57)30-9-8-28(12-13-48(4,5)85(6,78)79)63-42(30)35(17-25-15-26(53)18-27(54)16-25)64-37(70)22-67-45-39(44(65-67)51(60,61)62)32-20-33(32)50(45,58)59/h8-11,14-16,18-19,32-33,35H,17,20-23H2,1-7H3,(H,64,70)(H2,72,73,74)(H2,75,76,77)/t32?,33-,35+/m1/s1. The molecule has 0 aliphatic heterocycles. The lowest BCUT2D eigenvalue weighted by molar-refractivity contribution is -0.143. The number of pyridine rings is 1. The number of nitrogens with zero attached hydrogens (tertiary/aromatic N) is 6. The molecule has 0 radical (unpaired) electrons. The van der Waals surface area contributed by atoms with Gasteiger partial charge in [0.2, 0.25) is 21.8 Å². The second-order valence-electron chi connectivity index (χ2n) is 21.8. The molecule has 0 bridgehead atoms. The molecule has 1 saturated carbocycles. The number of aryl methyl sites for hydroxylation is 1. The van der Waals surface area contributed by atoms with Gasteiger partial charge >= 0.3 is 27.8 Å². The van der Waals surface area contributed by atoms with Crippen LogP contribution in [0, 0.1) is 36.3 Å². The zero-order valence-electron chi connectivity index (χ0n) is 45.5. The van der Waals surface area contributed by atoms with Crippen LogP contribution in [0.5, 0.6) is 5.75 Å². The van der Waals surface area contributed by atoms with Gasteiger partial charge in [0, 0.05) is 52.3 Å². The molecule has 8 rings (SSSR count). The maximum Gasteiger partial charge on any atom is 0.524 e. The van der Waals surface area contributed by atoms with Gasteiger partial charge in [0.25, 0.3) is 5.92 Å². The Morgan fingerprint density at radius 2 is 1.52 bits per heavy atom. The predicted octanol–water partition coefficient (Wildman–Crippen LogP) is 8.53. The Morgan fingerprint density at radius 3 is 2.08 bits per heavy atom. The number of hydrogen-bond acceptors (Lipinski definition) is 12. The fourth-order valence-corrected chi connectivity index (χ4v) is 12.8.